The smallest absolute Gasteiger partial charge is 0.337 e. The predicted octanol–water partition coefficient (Wildman–Crippen LogP) is 2.70. The minimum atomic E-state index is -3.55. The lowest BCUT2D eigenvalue weighted by atomic mass is 10.1. The van der Waals surface area contributed by atoms with Crippen molar-refractivity contribution in [3.8, 4) is 0 Å². The van der Waals surface area contributed by atoms with Gasteiger partial charge < -0.3 is 14.9 Å². The summed E-state index contributed by atoms with van der Waals surface area (Å²) in [6, 6.07) is 11.1. The Morgan fingerprint density at radius 2 is 1.68 bits per heavy atom. The van der Waals surface area contributed by atoms with Gasteiger partial charge in [-0.1, -0.05) is 12.1 Å². The van der Waals surface area contributed by atoms with Crippen LogP contribution in [0.3, 0.4) is 0 Å². The van der Waals surface area contributed by atoms with Crippen molar-refractivity contribution >= 4 is 33.1 Å². The van der Waals surface area contributed by atoms with Crippen molar-refractivity contribution in [2.24, 2.45) is 0 Å². The molecule has 1 aliphatic rings. The molecule has 0 spiro atoms. The van der Waals surface area contributed by atoms with Crippen LogP contribution in [0, 0.1) is 13.8 Å². The van der Waals surface area contributed by atoms with Crippen molar-refractivity contribution in [2.45, 2.75) is 13.8 Å². The number of carboxylic acid groups (broad SMARTS) is 1. The number of sulfonamides is 1. The third kappa shape index (κ3) is 4.39. The van der Waals surface area contributed by atoms with E-state index in [-0.39, 0.29) is 11.3 Å². The highest BCUT2D eigenvalue weighted by atomic mass is 32.2. The maximum Gasteiger partial charge on any atom is 0.337 e. The first-order chi connectivity index (χ1) is 13.2. The van der Waals surface area contributed by atoms with E-state index in [0.717, 1.165) is 38.1 Å². The van der Waals surface area contributed by atoms with E-state index in [2.05, 4.69) is 46.6 Å². The molecule has 1 aliphatic heterocycles. The molecule has 0 radical (unpaired) electrons. The molecule has 0 aromatic heterocycles. The zero-order chi connectivity index (χ0) is 20.5. The Balaban J connectivity index is 1.78. The van der Waals surface area contributed by atoms with E-state index in [1.165, 1.54) is 28.9 Å². The summed E-state index contributed by atoms with van der Waals surface area (Å²) in [7, 11) is -3.55. The largest absolute Gasteiger partial charge is 0.478 e. The zero-order valence-corrected chi connectivity index (χ0v) is 17.1. The number of benzene rings is 2. The summed E-state index contributed by atoms with van der Waals surface area (Å²) < 4.78 is 25.2. The molecular weight excluding hydrogens is 378 g/mol. The van der Waals surface area contributed by atoms with E-state index in [0.29, 0.717) is 0 Å². The summed E-state index contributed by atoms with van der Waals surface area (Å²) in [4.78, 5) is 16.1. The van der Waals surface area contributed by atoms with Crippen LogP contribution >= 0.6 is 0 Å². The third-order valence-electron chi connectivity index (χ3n) is 5.09. The third-order valence-corrected chi connectivity index (χ3v) is 5.68. The number of piperazine rings is 1. The fourth-order valence-corrected chi connectivity index (χ4v) is 4.06. The van der Waals surface area contributed by atoms with Crippen LogP contribution in [-0.4, -0.2) is 51.9 Å². The SMILES string of the molecule is Cc1cccc(N2CCN(c3ccc(NS(C)(=O)=O)c(C(=O)O)c3)CC2)c1C. The van der Waals surface area contributed by atoms with Gasteiger partial charge in [0.1, 0.15) is 0 Å². The number of nitrogens with one attached hydrogen (secondary N) is 1. The molecule has 1 fully saturated rings. The van der Waals surface area contributed by atoms with E-state index in [1.807, 2.05) is 0 Å². The number of rotatable bonds is 5. The highest BCUT2D eigenvalue weighted by Crippen LogP contribution is 2.28. The van der Waals surface area contributed by atoms with E-state index in [9.17, 15) is 18.3 Å². The number of aryl methyl sites for hydroxylation is 1. The van der Waals surface area contributed by atoms with E-state index >= 15 is 0 Å². The van der Waals surface area contributed by atoms with E-state index in [1.54, 1.807) is 6.07 Å². The predicted molar refractivity (Wildman–Crippen MR) is 112 cm³/mol. The monoisotopic (exact) mass is 403 g/mol. The highest BCUT2D eigenvalue weighted by Gasteiger charge is 2.21. The Labute approximate surface area is 165 Å². The van der Waals surface area contributed by atoms with Gasteiger partial charge in [-0.15, -0.1) is 0 Å². The molecule has 2 aromatic rings. The summed E-state index contributed by atoms with van der Waals surface area (Å²) in [5, 5.41) is 9.47. The van der Waals surface area contributed by atoms with Crippen LogP contribution in [0.15, 0.2) is 36.4 Å². The standard InChI is InChI=1S/C20H25N3O4S/c1-14-5-4-6-19(15(14)2)23-11-9-22(10-12-23)16-7-8-18(21-28(3,26)27)17(13-16)20(24)25/h4-8,13,21H,9-12H2,1-3H3,(H,24,25). The van der Waals surface area contributed by atoms with Crippen molar-refractivity contribution < 1.29 is 18.3 Å². The number of nitrogens with zero attached hydrogens (tertiary/aromatic N) is 2. The molecule has 8 heteroatoms. The van der Waals surface area contributed by atoms with Gasteiger partial charge in [0.25, 0.3) is 0 Å². The number of hydrogen-bond acceptors (Lipinski definition) is 5. The maximum atomic E-state index is 11.6. The van der Waals surface area contributed by atoms with Crippen LogP contribution in [-0.2, 0) is 10.0 Å². The molecule has 0 saturated carbocycles. The first-order valence-corrected chi connectivity index (χ1v) is 11.0. The number of anilines is 3. The van der Waals surface area contributed by atoms with Gasteiger partial charge in [0, 0.05) is 37.6 Å². The molecule has 1 heterocycles. The molecule has 7 nitrogen and oxygen atoms in total. The van der Waals surface area contributed by atoms with Gasteiger partial charge in [-0.2, -0.15) is 0 Å². The number of carbonyl (C=O) groups is 1. The van der Waals surface area contributed by atoms with Gasteiger partial charge in [0.05, 0.1) is 17.5 Å². The lowest BCUT2D eigenvalue weighted by Gasteiger charge is -2.38. The van der Waals surface area contributed by atoms with Gasteiger partial charge >= 0.3 is 5.97 Å². The molecule has 0 aliphatic carbocycles. The number of hydrogen-bond donors (Lipinski definition) is 2. The summed E-state index contributed by atoms with van der Waals surface area (Å²) in [5.41, 5.74) is 4.57. The first-order valence-electron chi connectivity index (χ1n) is 9.07. The summed E-state index contributed by atoms with van der Waals surface area (Å²) in [5.74, 6) is -1.16. The molecule has 150 valence electrons. The lowest BCUT2D eigenvalue weighted by molar-refractivity contribution is 0.0698. The molecule has 0 amide bonds. The van der Waals surface area contributed by atoms with Crippen LogP contribution in [0.4, 0.5) is 17.1 Å². The second-order valence-electron chi connectivity index (χ2n) is 7.10. The van der Waals surface area contributed by atoms with E-state index in [4.69, 9.17) is 0 Å². The Morgan fingerprint density at radius 3 is 2.29 bits per heavy atom. The average Bonchev–Trinajstić information content (AvgIpc) is 2.63. The highest BCUT2D eigenvalue weighted by molar-refractivity contribution is 7.92. The minimum absolute atomic E-state index is 0.0557. The zero-order valence-electron chi connectivity index (χ0n) is 16.3. The fourth-order valence-electron chi connectivity index (χ4n) is 3.48. The Hall–Kier alpha value is -2.74. The second-order valence-corrected chi connectivity index (χ2v) is 8.85. The summed E-state index contributed by atoms with van der Waals surface area (Å²) in [6.07, 6.45) is 0.999. The molecule has 1 saturated heterocycles. The summed E-state index contributed by atoms with van der Waals surface area (Å²) in [6.45, 7) is 7.40. The Morgan fingerprint density at radius 1 is 1.04 bits per heavy atom. The molecule has 0 unspecified atom stereocenters. The van der Waals surface area contributed by atoms with Gasteiger partial charge in [-0.25, -0.2) is 13.2 Å². The maximum absolute atomic E-state index is 11.6. The Bertz CT molecular complexity index is 997. The van der Waals surface area contributed by atoms with E-state index < -0.39 is 16.0 Å². The van der Waals surface area contributed by atoms with Crippen LogP contribution in [0.1, 0.15) is 21.5 Å². The summed E-state index contributed by atoms with van der Waals surface area (Å²) >= 11 is 0. The second kappa shape index (κ2) is 7.71. The van der Waals surface area contributed by atoms with Crippen LogP contribution in [0.5, 0.6) is 0 Å². The van der Waals surface area contributed by atoms with Crippen molar-refractivity contribution in [1.82, 2.24) is 0 Å². The number of aromatic carboxylic acids is 1. The first kappa shape index (κ1) is 20.0. The molecule has 0 bridgehead atoms. The van der Waals surface area contributed by atoms with Crippen molar-refractivity contribution in [3.05, 3.63) is 53.1 Å². The topological polar surface area (TPSA) is 90.0 Å². The molecule has 3 rings (SSSR count). The average molecular weight is 404 g/mol. The molecule has 0 atom stereocenters. The quantitative estimate of drug-likeness (QED) is 0.798. The van der Waals surface area contributed by atoms with Gasteiger partial charge in [0.15, 0.2) is 0 Å². The van der Waals surface area contributed by atoms with Crippen LogP contribution < -0.4 is 14.5 Å². The molecule has 2 N–H and O–H groups in total. The van der Waals surface area contributed by atoms with Gasteiger partial charge in [-0.3, -0.25) is 4.72 Å². The minimum Gasteiger partial charge on any atom is -0.478 e. The van der Waals surface area contributed by atoms with Crippen molar-refractivity contribution in [1.29, 1.82) is 0 Å². The van der Waals surface area contributed by atoms with Gasteiger partial charge in [0.2, 0.25) is 10.0 Å². The molecule has 2 aromatic carbocycles. The van der Waals surface area contributed by atoms with Crippen molar-refractivity contribution in [3.63, 3.8) is 0 Å². The number of carboxylic acids is 1. The van der Waals surface area contributed by atoms with Crippen molar-refractivity contribution in [2.75, 3.05) is 47.0 Å². The molecule has 28 heavy (non-hydrogen) atoms. The Kier molecular flexibility index (Phi) is 5.51. The van der Waals surface area contributed by atoms with Crippen LogP contribution in [0.25, 0.3) is 0 Å². The van der Waals surface area contributed by atoms with Crippen LogP contribution in [0.2, 0.25) is 0 Å². The molecular formula is C20H25N3O4S. The normalized spacial score (nSPS) is 14.8. The fraction of sp³-hybridized carbons (Fsp3) is 0.350. The van der Waals surface area contributed by atoms with Gasteiger partial charge in [-0.05, 0) is 49.2 Å². The lowest BCUT2D eigenvalue weighted by Crippen LogP contribution is -2.46.